The zero-order valence-corrected chi connectivity index (χ0v) is 15.4. The fourth-order valence-electron chi connectivity index (χ4n) is 2.41. The maximum absolute atomic E-state index is 13.6. The number of para-hydroxylation sites is 1. The van der Waals surface area contributed by atoms with Crippen molar-refractivity contribution in [3.05, 3.63) is 90.0 Å². The minimum absolute atomic E-state index is 0.450. The number of ether oxygens (including phenoxy) is 2. The zero-order chi connectivity index (χ0) is 20.8. The standard InChI is InChI=1S/C22H17F2NO4/c1-14(28-22(27)19-12-7-15(23)13-20(19)24)21(26)25-16-8-10-18(11-9-16)29-17-5-3-2-4-6-17/h2-14H,1H3,(H,25,26)/t14-/m1/s1. The average Bonchev–Trinajstić information content (AvgIpc) is 2.70. The van der Waals surface area contributed by atoms with Crippen molar-refractivity contribution in [2.24, 2.45) is 0 Å². The Kier molecular flexibility index (Phi) is 6.19. The Balaban J connectivity index is 1.57. The molecule has 1 atom stereocenters. The van der Waals surface area contributed by atoms with E-state index < -0.39 is 35.2 Å². The first-order chi connectivity index (χ1) is 13.9. The molecule has 0 aliphatic heterocycles. The molecule has 3 rings (SSSR count). The van der Waals surface area contributed by atoms with Crippen LogP contribution in [0.2, 0.25) is 0 Å². The van der Waals surface area contributed by atoms with Crippen LogP contribution in [0.5, 0.6) is 11.5 Å². The summed E-state index contributed by atoms with van der Waals surface area (Å²) in [5, 5.41) is 2.59. The molecule has 0 saturated carbocycles. The van der Waals surface area contributed by atoms with Gasteiger partial charge in [0.1, 0.15) is 23.1 Å². The van der Waals surface area contributed by atoms with Crippen molar-refractivity contribution < 1.29 is 27.8 Å². The number of amides is 1. The number of carbonyl (C=O) groups excluding carboxylic acids is 2. The molecule has 0 aromatic heterocycles. The van der Waals surface area contributed by atoms with E-state index in [0.29, 0.717) is 23.3 Å². The summed E-state index contributed by atoms with van der Waals surface area (Å²) in [5.74, 6) is -2.27. The molecule has 0 heterocycles. The van der Waals surface area contributed by atoms with Gasteiger partial charge in [-0.15, -0.1) is 0 Å². The Labute approximate surface area is 165 Å². The molecule has 0 radical (unpaired) electrons. The lowest BCUT2D eigenvalue weighted by molar-refractivity contribution is -0.123. The summed E-state index contributed by atoms with van der Waals surface area (Å²) in [6, 6.07) is 18.3. The van der Waals surface area contributed by atoms with Gasteiger partial charge in [0.25, 0.3) is 5.91 Å². The van der Waals surface area contributed by atoms with Crippen LogP contribution in [0.25, 0.3) is 0 Å². The van der Waals surface area contributed by atoms with E-state index in [4.69, 9.17) is 9.47 Å². The Morgan fingerprint density at radius 3 is 2.21 bits per heavy atom. The maximum Gasteiger partial charge on any atom is 0.341 e. The van der Waals surface area contributed by atoms with Crippen LogP contribution < -0.4 is 10.1 Å². The van der Waals surface area contributed by atoms with Gasteiger partial charge in [-0.2, -0.15) is 0 Å². The molecule has 3 aromatic carbocycles. The number of esters is 1. The van der Waals surface area contributed by atoms with Gasteiger partial charge in [0, 0.05) is 11.8 Å². The van der Waals surface area contributed by atoms with Crippen LogP contribution in [0.4, 0.5) is 14.5 Å². The molecule has 5 nitrogen and oxygen atoms in total. The van der Waals surface area contributed by atoms with Crippen molar-refractivity contribution in [1.29, 1.82) is 0 Å². The number of nitrogens with one attached hydrogen (secondary N) is 1. The fraction of sp³-hybridized carbons (Fsp3) is 0.0909. The quantitative estimate of drug-likeness (QED) is 0.599. The zero-order valence-electron chi connectivity index (χ0n) is 15.4. The molecule has 0 aliphatic rings. The molecular formula is C22H17F2NO4. The Morgan fingerprint density at radius 1 is 0.897 bits per heavy atom. The molecule has 0 unspecified atom stereocenters. The van der Waals surface area contributed by atoms with Gasteiger partial charge in [-0.05, 0) is 55.5 Å². The molecule has 1 amide bonds. The van der Waals surface area contributed by atoms with E-state index in [9.17, 15) is 18.4 Å². The normalized spacial score (nSPS) is 11.4. The molecule has 1 N–H and O–H groups in total. The summed E-state index contributed by atoms with van der Waals surface area (Å²) < 4.78 is 37.2. The van der Waals surface area contributed by atoms with E-state index in [-0.39, 0.29) is 0 Å². The molecular weight excluding hydrogens is 380 g/mol. The predicted molar refractivity (Wildman–Crippen MR) is 103 cm³/mol. The van der Waals surface area contributed by atoms with Crippen molar-refractivity contribution in [2.75, 3.05) is 5.32 Å². The first-order valence-electron chi connectivity index (χ1n) is 8.72. The van der Waals surface area contributed by atoms with Gasteiger partial charge in [0.05, 0.1) is 5.56 Å². The highest BCUT2D eigenvalue weighted by Gasteiger charge is 2.21. The summed E-state index contributed by atoms with van der Waals surface area (Å²) in [4.78, 5) is 24.2. The Morgan fingerprint density at radius 2 is 1.55 bits per heavy atom. The minimum Gasteiger partial charge on any atom is -0.457 e. The lowest BCUT2D eigenvalue weighted by Gasteiger charge is -2.14. The van der Waals surface area contributed by atoms with Crippen molar-refractivity contribution in [3.8, 4) is 11.5 Å². The molecule has 0 spiro atoms. The second-order valence-corrected chi connectivity index (χ2v) is 6.10. The van der Waals surface area contributed by atoms with E-state index in [1.807, 2.05) is 30.3 Å². The number of anilines is 1. The fourth-order valence-corrected chi connectivity index (χ4v) is 2.41. The maximum atomic E-state index is 13.6. The third kappa shape index (κ3) is 5.38. The highest BCUT2D eigenvalue weighted by Crippen LogP contribution is 2.22. The first kappa shape index (κ1) is 20.0. The molecule has 0 fully saturated rings. The van der Waals surface area contributed by atoms with Crippen LogP contribution in [-0.2, 0) is 9.53 Å². The SMILES string of the molecule is C[C@@H](OC(=O)c1ccc(F)cc1F)C(=O)Nc1ccc(Oc2ccccc2)cc1. The highest BCUT2D eigenvalue weighted by atomic mass is 19.1. The van der Waals surface area contributed by atoms with Crippen LogP contribution >= 0.6 is 0 Å². The largest absolute Gasteiger partial charge is 0.457 e. The van der Waals surface area contributed by atoms with Gasteiger partial charge >= 0.3 is 5.97 Å². The number of hydrogen-bond donors (Lipinski definition) is 1. The van der Waals surface area contributed by atoms with Gasteiger partial charge in [-0.1, -0.05) is 18.2 Å². The third-order valence-electron chi connectivity index (χ3n) is 3.90. The summed E-state index contributed by atoms with van der Waals surface area (Å²) in [6.45, 7) is 1.35. The topological polar surface area (TPSA) is 64.6 Å². The van der Waals surface area contributed by atoms with Crippen LogP contribution in [0.3, 0.4) is 0 Å². The van der Waals surface area contributed by atoms with Gasteiger partial charge < -0.3 is 14.8 Å². The van der Waals surface area contributed by atoms with Crippen molar-refractivity contribution in [3.63, 3.8) is 0 Å². The van der Waals surface area contributed by atoms with E-state index in [1.54, 1.807) is 24.3 Å². The van der Waals surface area contributed by atoms with Crippen LogP contribution in [0.15, 0.2) is 72.8 Å². The van der Waals surface area contributed by atoms with Gasteiger partial charge in [-0.3, -0.25) is 4.79 Å². The minimum atomic E-state index is -1.19. The Hall–Kier alpha value is -3.74. The summed E-state index contributed by atoms with van der Waals surface area (Å²) in [7, 11) is 0. The summed E-state index contributed by atoms with van der Waals surface area (Å²) in [5.41, 5.74) is 0.0136. The molecule has 7 heteroatoms. The first-order valence-corrected chi connectivity index (χ1v) is 8.72. The number of rotatable bonds is 6. The number of halogens is 2. The Bertz CT molecular complexity index is 1010. The molecule has 0 bridgehead atoms. The predicted octanol–water partition coefficient (Wildman–Crippen LogP) is 4.94. The van der Waals surface area contributed by atoms with Crippen molar-refractivity contribution in [2.45, 2.75) is 13.0 Å². The van der Waals surface area contributed by atoms with Crippen LogP contribution in [-0.4, -0.2) is 18.0 Å². The van der Waals surface area contributed by atoms with Crippen molar-refractivity contribution >= 4 is 17.6 Å². The molecule has 3 aromatic rings. The second-order valence-electron chi connectivity index (χ2n) is 6.10. The van der Waals surface area contributed by atoms with E-state index in [2.05, 4.69) is 5.32 Å². The summed E-state index contributed by atoms with van der Waals surface area (Å²) in [6.07, 6.45) is -1.19. The lowest BCUT2D eigenvalue weighted by Crippen LogP contribution is -2.30. The third-order valence-corrected chi connectivity index (χ3v) is 3.90. The molecule has 0 aliphatic carbocycles. The summed E-state index contributed by atoms with van der Waals surface area (Å²) >= 11 is 0. The van der Waals surface area contributed by atoms with E-state index >= 15 is 0 Å². The lowest BCUT2D eigenvalue weighted by atomic mass is 10.2. The molecule has 0 saturated heterocycles. The van der Waals surface area contributed by atoms with Gasteiger partial charge in [0.2, 0.25) is 0 Å². The smallest absolute Gasteiger partial charge is 0.341 e. The van der Waals surface area contributed by atoms with E-state index in [1.165, 1.54) is 6.92 Å². The van der Waals surface area contributed by atoms with Gasteiger partial charge in [0.15, 0.2) is 6.10 Å². The number of benzene rings is 3. The molecule has 29 heavy (non-hydrogen) atoms. The van der Waals surface area contributed by atoms with Crippen molar-refractivity contribution in [1.82, 2.24) is 0 Å². The highest BCUT2D eigenvalue weighted by molar-refractivity contribution is 5.97. The average molecular weight is 397 g/mol. The monoisotopic (exact) mass is 397 g/mol. The second kappa shape index (κ2) is 8.97. The van der Waals surface area contributed by atoms with Crippen LogP contribution in [0.1, 0.15) is 17.3 Å². The van der Waals surface area contributed by atoms with Gasteiger partial charge in [-0.25, -0.2) is 13.6 Å². The molecule has 148 valence electrons. The number of carbonyl (C=O) groups is 2. The number of hydrogen-bond acceptors (Lipinski definition) is 4. The van der Waals surface area contributed by atoms with Crippen LogP contribution in [0, 0.1) is 11.6 Å². The van der Waals surface area contributed by atoms with E-state index in [0.717, 1.165) is 12.1 Å².